The van der Waals surface area contributed by atoms with Crippen LogP contribution < -0.4 is 19.5 Å². The van der Waals surface area contributed by atoms with E-state index in [1.54, 1.807) is 30.6 Å². The lowest BCUT2D eigenvalue weighted by Gasteiger charge is -2.14. The molecule has 1 amide bonds. The molecule has 0 aliphatic heterocycles. The number of benzene rings is 2. The quantitative estimate of drug-likeness (QED) is 0.506. The fourth-order valence-corrected chi connectivity index (χ4v) is 3.15. The Balaban J connectivity index is 1.62. The molecule has 2 aromatic carbocycles. The minimum absolute atomic E-state index is 0.303. The average molecular weight is 404 g/mol. The maximum absolute atomic E-state index is 12.8. The fraction of sp³-hybridized carbons (Fsp3) is 0.136. The first-order valence-electron chi connectivity index (χ1n) is 9.14. The van der Waals surface area contributed by atoms with E-state index < -0.39 is 0 Å². The number of hydrogen-bond donors (Lipinski definition) is 2. The van der Waals surface area contributed by atoms with Crippen molar-refractivity contribution in [2.45, 2.75) is 0 Å². The standard InChI is InChI=1S/C22H20N4O4/c1-28-18-10-14(11-19(29-2)20(18)30-3)22(27)24-15-4-5-16-17(12-15)26-21(25-16)13-6-8-23-9-7-13/h4-12H,1-3H3,(H,24,27)(H,25,26). The monoisotopic (exact) mass is 404 g/mol. The molecule has 0 spiro atoms. The van der Waals surface area contributed by atoms with Gasteiger partial charge in [-0.05, 0) is 42.5 Å². The highest BCUT2D eigenvalue weighted by Crippen LogP contribution is 2.38. The predicted molar refractivity (Wildman–Crippen MR) is 113 cm³/mol. The summed E-state index contributed by atoms with van der Waals surface area (Å²) in [5, 5.41) is 2.89. The van der Waals surface area contributed by atoms with Crippen molar-refractivity contribution in [3.05, 3.63) is 60.4 Å². The fourth-order valence-electron chi connectivity index (χ4n) is 3.15. The minimum atomic E-state index is -0.303. The number of fused-ring (bicyclic) bond motifs is 1. The van der Waals surface area contributed by atoms with Gasteiger partial charge in [-0.3, -0.25) is 9.78 Å². The normalized spacial score (nSPS) is 10.6. The van der Waals surface area contributed by atoms with E-state index in [4.69, 9.17) is 14.2 Å². The first kappa shape index (κ1) is 19.3. The second-order valence-corrected chi connectivity index (χ2v) is 6.42. The van der Waals surface area contributed by atoms with E-state index in [9.17, 15) is 4.79 Å². The number of hydrogen-bond acceptors (Lipinski definition) is 6. The Morgan fingerprint density at radius 2 is 1.63 bits per heavy atom. The van der Waals surface area contributed by atoms with Gasteiger partial charge in [-0.15, -0.1) is 0 Å². The van der Waals surface area contributed by atoms with Gasteiger partial charge in [0.15, 0.2) is 11.5 Å². The second-order valence-electron chi connectivity index (χ2n) is 6.42. The van der Waals surface area contributed by atoms with Gasteiger partial charge in [0.1, 0.15) is 5.82 Å². The van der Waals surface area contributed by atoms with Crippen molar-refractivity contribution in [1.82, 2.24) is 15.0 Å². The van der Waals surface area contributed by atoms with Crippen LogP contribution in [0.15, 0.2) is 54.9 Å². The van der Waals surface area contributed by atoms with Gasteiger partial charge in [-0.1, -0.05) is 0 Å². The molecule has 0 atom stereocenters. The Morgan fingerprint density at radius 1 is 0.933 bits per heavy atom. The van der Waals surface area contributed by atoms with Crippen LogP contribution in [0.4, 0.5) is 5.69 Å². The van der Waals surface area contributed by atoms with E-state index in [-0.39, 0.29) is 5.91 Å². The molecular formula is C22H20N4O4. The summed E-state index contributed by atoms with van der Waals surface area (Å²) in [5.41, 5.74) is 3.55. The van der Waals surface area contributed by atoms with Crippen molar-refractivity contribution >= 4 is 22.6 Å². The van der Waals surface area contributed by atoms with Gasteiger partial charge in [-0.2, -0.15) is 0 Å². The van der Waals surface area contributed by atoms with Crippen LogP contribution in [-0.2, 0) is 0 Å². The van der Waals surface area contributed by atoms with E-state index in [0.29, 0.717) is 28.5 Å². The maximum atomic E-state index is 12.8. The molecule has 4 aromatic rings. The van der Waals surface area contributed by atoms with Crippen LogP contribution in [0.2, 0.25) is 0 Å². The van der Waals surface area contributed by atoms with Crippen LogP contribution in [0.25, 0.3) is 22.4 Å². The smallest absolute Gasteiger partial charge is 0.255 e. The molecule has 0 radical (unpaired) electrons. The summed E-state index contributed by atoms with van der Waals surface area (Å²) in [5.74, 6) is 1.68. The zero-order valence-corrected chi connectivity index (χ0v) is 16.7. The van der Waals surface area contributed by atoms with Gasteiger partial charge in [0, 0.05) is 29.2 Å². The summed E-state index contributed by atoms with van der Waals surface area (Å²) >= 11 is 0. The molecule has 8 heteroatoms. The van der Waals surface area contributed by atoms with Gasteiger partial charge in [-0.25, -0.2) is 4.98 Å². The summed E-state index contributed by atoms with van der Waals surface area (Å²) in [6.07, 6.45) is 3.43. The summed E-state index contributed by atoms with van der Waals surface area (Å²) in [6, 6.07) is 12.5. The number of aromatic nitrogens is 3. The largest absolute Gasteiger partial charge is 0.493 e. The second kappa shape index (κ2) is 8.12. The van der Waals surface area contributed by atoms with Crippen molar-refractivity contribution in [2.75, 3.05) is 26.6 Å². The van der Waals surface area contributed by atoms with Crippen LogP contribution in [-0.4, -0.2) is 42.2 Å². The SMILES string of the molecule is COc1cc(C(=O)Nc2ccc3nc(-c4ccncc4)[nH]c3c2)cc(OC)c1OC. The molecule has 0 bridgehead atoms. The van der Waals surface area contributed by atoms with E-state index in [1.807, 2.05) is 24.3 Å². The topological polar surface area (TPSA) is 98.4 Å². The van der Waals surface area contributed by atoms with Gasteiger partial charge in [0.05, 0.1) is 32.4 Å². The molecule has 4 rings (SSSR count). The highest BCUT2D eigenvalue weighted by molar-refractivity contribution is 6.05. The Labute approximate surface area is 172 Å². The van der Waals surface area contributed by atoms with Crippen LogP contribution >= 0.6 is 0 Å². The van der Waals surface area contributed by atoms with Crippen molar-refractivity contribution in [2.24, 2.45) is 0 Å². The maximum Gasteiger partial charge on any atom is 0.255 e. The van der Waals surface area contributed by atoms with E-state index >= 15 is 0 Å². The van der Waals surface area contributed by atoms with Gasteiger partial charge in [0.25, 0.3) is 5.91 Å². The Hall–Kier alpha value is -4.07. The number of nitrogens with zero attached hydrogens (tertiary/aromatic N) is 2. The number of amides is 1. The van der Waals surface area contributed by atoms with Crippen molar-refractivity contribution < 1.29 is 19.0 Å². The van der Waals surface area contributed by atoms with Crippen LogP contribution in [0.3, 0.4) is 0 Å². The lowest BCUT2D eigenvalue weighted by atomic mass is 10.1. The third kappa shape index (κ3) is 3.62. The summed E-state index contributed by atoms with van der Waals surface area (Å²) < 4.78 is 15.9. The minimum Gasteiger partial charge on any atom is -0.493 e. The number of anilines is 1. The zero-order valence-electron chi connectivity index (χ0n) is 16.7. The zero-order chi connectivity index (χ0) is 21.1. The molecule has 2 N–H and O–H groups in total. The highest BCUT2D eigenvalue weighted by atomic mass is 16.5. The van der Waals surface area contributed by atoms with Crippen molar-refractivity contribution in [3.63, 3.8) is 0 Å². The molecular weight excluding hydrogens is 384 g/mol. The van der Waals surface area contributed by atoms with Crippen LogP contribution in [0, 0.1) is 0 Å². The first-order valence-corrected chi connectivity index (χ1v) is 9.14. The Bertz CT molecular complexity index is 1180. The molecule has 8 nitrogen and oxygen atoms in total. The molecule has 30 heavy (non-hydrogen) atoms. The number of ether oxygens (including phenoxy) is 3. The number of methoxy groups -OCH3 is 3. The number of imidazole rings is 1. The van der Waals surface area contributed by atoms with Crippen LogP contribution in [0.5, 0.6) is 17.2 Å². The van der Waals surface area contributed by atoms with Crippen LogP contribution in [0.1, 0.15) is 10.4 Å². The molecule has 0 fully saturated rings. The van der Waals surface area contributed by atoms with Gasteiger partial charge < -0.3 is 24.5 Å². The van der Waals surface area contributed by atoms with Gasteiger partial charge >= 0.3 is 0 Å². The van der Waals surface area contributed by atoms with E-state index in [2.05, 4.69) is 20.3 Å². The number of H-pyrrole nitrogens is 1. The Morgan fingerprint density at radius 3 is 2.27 bits per heavy atom. The summed E-state index contributed by atoms with van der Waals surface area (Å²) in [7, 11) is 4.52. The molecule has 0 unspecified atom stereocenters. The molecule has 0 aliphatic carbocycles. The number of rotatable bonds is 6. The number of carbonyl (C=O) groups excluding carboxylic acids is 1. The molecule has 0 saturated heterocycles. The van der Waals surface area contributed by atoms with Crippen molar-refractivity contribution in [1.29, 1.82) is 0 Å². The lowest BCUT2D eigenvalue weighted by Crippen LogP contribution is -2.12. The van der Waals surface area contributed by atoms with Gasteiger partial charge in [0.2, 0.25) is 5.75 Å². The first-order chi connectivity index (χ1) is 14.6. The lowest BCUT2D eigenvalue weighted by molar-refractivity contribution is 0.102. The van der Waals surface area contributed by atoms with E-state index in [1.165, 1.54) is 21.3 Å². The predicted octanol–water partition coefficient (Wildman–Crippen LogP) is 3.90. The molecule has 0 saturated carbocycles. The summed E-state index contributed by atoms with van der Waals surface area (Å²) in [6.45, 7) is 0. The van der Waals surface area contributed by atoms with E-state index in [0.717, 1.165) is 22.4 Å². The number of pyridine rings is 1. The highest BCUT2D eigenvalue weighted by Gasteiger charge is 2.17. The van der Waals surface area contributed by atoms with Crippen molar-refractivity contribution in [3.8, 4) is 28.6 Å². The average Bonchev–Trinajstić information content (AvgIpc) is 3.22. The molecule has 2 heterocycles. The Kier molecular flexibility index (Phi) is 5.21. The number of nitrogens with one attached hydrogen (secondary N) is 2. The molecule has 152 valence electrons. The third-order valence-electron chi connectivity index (χ3n) is 4.62. The number of aromatic amines is 1. The molecule has 0 aliphatic rings. The number of carbonyl (C=O) groups is 1. The molecule has 2 aromatic heterocycles. The summed E-state index contributed by atoms with van der Waals surface area (Å²) in [4.78, 5) is 24.7. The third-order valence-corrected chi connectivity index (χ3v) is 4.62.